The summed E-state index contributed by atoms with van der Waals surface area (Å²) in [5.41, 5.74) is 1.47. The van der Waals surface area contributed by atoms with Gasteiger partial charge in [0.25, 0.3) is 0 Å². The Kier molecular flexibility index (Phi) is 4.04. The third kappa shape index (κ3) is 2.62. The molecular weight excluding hydrogens is 219 g/mol. The first-order valence-electron chi connectivity index (χ1n) is 5.84. The predicted molar refractivity (Wildman–Crippen MR) is 65.6 cm³/mol. The van der Waals surface area contributed by atoms with E-state index in [4.69, 9.17) is 9.47 Å². The molecule has 5 heteroatoms. The first-order valence-corrected chi connectivity index (χ1v) is 5.84. The number of methoxy groups -OCH3 is 1. The number of benzene rings is 1. The van der Waals surface area contributed by atoms with Crippen molar-refractivity contribution >= 4 is 12.6 Å². The molecule has 2 rings (SSSR count). The largest absolute Gasteiger partial charge is 0.497 e. The highest BCUT2D eigenvalue weighted by molar-refractivity contribution is 6.59. The number of hydrogen-bond acceptors (Lipinski definition) is 4. The Bertz CT molecular complexity index is 375. The molecule has 2 N–H and O–H groups in total. The third-order valence-corrected chi connectivity index (χ3v) is 3.22. The van der Waals surface area contributed by atoms with Crippen LogP contribution in [0.1, 0.15) is 24.3 Å². The second-order valence-electron chi connectivity index (χ2n) is 4.23. The van der Waals surface area contributed by atoms with Crippen LogP contribution < -0.4 is 10.2 Å². The van der Waals surface area contributed by atoms with Gasteiger partial charge in [-0.2, -0.15) is 0 Å². The smallest absolute Gasteiger partial charge is 0.492 e. The lowest BCUT2D eigenvalue weighted by atomic mass is 9.76. The van der Waals surface area contributed by atoms with Crippen molar-refractivity contribution in [3.63, 3.8) is 0 Å². The standard InChI is InChI=1S/C12H17BO4/c1-16-12-10(9-5-7-17-8-6-9)3-2-4-11(12)13(14)15/h2-4,9,14-15H,5-8H2,1H3. The highest BCUT2D eigenvalue weighted by Gasteiger charge is 2.24. The van der Waals surface area contributed by atoms with Gasteiger partial charge in [-0.1, -0.05) is 18.2 Å². The molecule has 1 aromatic rings. The molecule has 0 radical (unpaired) electrons. The van der Waals surface area contributed by atoms with Crippen molar-refractivity contribution in [1.29, 1.82) is 0 Å². The van der Waals surface area contributed by atoms with Gasteiger partial charge in [0, 0.05) is 18.7 Å². The van der Waals surface area contributed by atoms with Crippen molar-refractivity contribution in [1.82, 2.24) is 0 Å². The van der Waals surface area contributed by atoms with Crippen molar-refractivity contribution in [2.24, 2.45) is 0 Å². The van der Waals surface area contributed by atoms with Crippen LogP contribution in [0.2, 0.25) is 0 Å². The minimum atomic E-state index is -1.50. The van der Waals surface area contributed by atoms with Gasteiger partial charge in [0.15, 0.2) is 0 Å². The summed E-state index contributed by atoms with van der Waals surface area (Å²) in [6.45, 7) is 1.50. The van der Waals surface area contributed by atoms with Crippen molar-refractivity contribution in [3.8, 4) is 5.75 Å². The number of rotatable bonds is 3. The van der Waals surface area contributed by atoms with Crippen LogP contribution in [0.5, 0.6) is 5.75 Å². The molecule has 0 atom stereocenters. The molecule has 1 aliphatic heterocycles. The van der Waals surface area contributed by atoms with Crippen molar-refractivity contribution in [3.05, 3.63) is 23.8 Å². The van der Waals surface area contributed by atoms with E-state index in [-0.39, 0.29) is 0 Å². The Hall–Kier alpha value is -1.04. The minimum Gasteiger partial charge on any atom is -0.497 e. The zero-order chi connectivity index (χ0) is 12.3. The second-order valence-corrected chi connectivity index (χ2v) is 4.23. The van der Waals surface area contributed by atoms with Crippen molar-refractivity contribution in [2.45, 2.75) is 18.8 Å². The average Bonchev–Trinajstić information content (AvgIpc) is 2.38. The maximum atomic E-state index is 9.31. The Labute approximate surface area is 101 Å². The maximum absolute atomic E-state index is 9.31. The Morgan fingerprint density at radius 2 is 2.00 bits per heavy atom. The van der Waals surface area contributed by atoms with Crippen molar-refractivity contribution in [2.75, 3.05) is 20.3 Å². The Morgan fingerprint density at radius 1 is 1.29 bits per heavy atom. The zero-order valence-corrected chi connectivity index (χ0v) is 9.93. The summed E-state index contributed by atoms with van der Waals surface area (Å²) in [6.07, 6.45) is 1.89. The lowest BCUT2D eigenvalue weighted by molar-refractivity contribution is 0.0848. The molecule has 1 fully saturated rings. The van der Waals surface area contributed by atoms with Gasteiger partial charge in [-0.25, -0.2) is 0 Å². The summed E-state index contributed by atoms with van der Waals surface area (Å²) in [5, 5.41) is 18.6. The predicted octanol–water partition coefficient (Wildman–Crippen LogP) is 0.269. The van der Waals surface area contributed by atoms with E-state index < -0.39 is 7.12 Å². The zero-order valence-electron chi connectivity index (χ0n) is 9.93. The highest BCUT2D eigenvalue weighted by Crippen LogP contribution is 2.32. The number of hydrogen-bond donors (Lipinski definition) is 2. The van der Waals surface area contributed by atoms with Gasteiger partial charge >= 0.3 is 7.12 Å². The van der Waals surface area contributed by atoms with Crippen LogP contribution in [0.3, 0.4) is 0 Å². The van der Waals surface area contributed by atoms with Gasteiger partial charge < -0.3 is 19.5 Å². The van der Waals surface area contributed by atoms with E-state index in [2.05, 4.69) is 0 Å². The summed E-state index contributed by atoms with van der Waals surface area (Å²) in [7, 11) is 0.0640. The third-order valence-electron chi connectivity index (χ3n) is 3.22. The van der Waals surface area contributed by atoms with E-state index in [9.17, 15) is 10.0 Å². The molecule has 0 aromatic heterocycles. The van der Waals surface area contributed by atoms with Gasteiger partial charge in [-0.15, -0.1) is 0 Å². The van der Waals surface area contributed by atoms with E-state index in [1.165, 1.54) is 0 Å². The van der Waals surface area contributed by atoms with E-state index in [1.54, 1.807) is 13.2 Å². The molecule has 0 spiro atoms. The van der Waals surface area contributed by atoms with Crippen LogP contribution in [0.15, 0.2) is 18.2 Å². The van der Waals surface area contributed by atoms with Crippen LogP contribution in [0, 0.1) is 0 Å². The maximum Gasteiger partial charge on any atom is 0.492 e. The quantitative estimate of drug-likeness (QED) is 0.739. The molecule has 1 aromatic carbocycles. The summed E-state index contributed by atoms with van der Waals surface area (Å²) in [5.74, 6) is 0.965. The van der Waals surface area contributed by atoms with Crippen molar-refractivity contribution < 1.29 is 19.5 Å². The molecule has 1 saturated heterocycles. The molecule has 0 aliphatic carbocycles. The number of ether oxygens (including phenoxy) is 2. The molecule has 0 unspecified atom stereocenters. The summed E-state index contributed by atoms with van der Waals surface area (Å²) < 4.78 is 10.7. The average molecular weight is 236 g/mol. The second kappa shape index (κ2) is 5.53. The van der Waals surface area contributed by atoms with Crippen LogP contribution >= 0.6 is 0 Å². The van der Waals surface area contributed by atoms with Gasteiger partial charge in [-0.05, 0) is 24.3 Å². The van der Waals surface area contributed by atoms with Gasteiger partial charge in [0.1, 0.15) is 5.75 Å². The normalized spacial score (nSPS) is 16.9. The fraction of sp³-hybridized carbons (Fsp3) is 0.500. The SMILES string of the molecule is COc1c(B(O)O)cccc1C1CCOCC1. The molecule has 1 aliphatic rings. The fourth-order valence-corrected chi connectivity index (χ4v) is 2.34. The summed E-state index contributed by atoms with van der Waals surface area (Å²) in [4.78, 5) is 0. The molecule has 0 amide bonds. The molecule has 0 bridgehead atoms. The van der Waals surface area contributed by atoms with Gasteiger partial charge in [0.2, 0.25) is 0 Å². The molecule has 17 heavy (non-hydrogen) atoms. The number of para-hydroxylation sites is 1. The van der Waals surface area contributed by atoms with Crippen LogP contribution in [0.4, 0.5) is 0 Å². The van der Waals surface area contributed by atoms with Gasteiger partial charge in [0.05, 0.1) is 7.11 Å². The lowest BCUT2D eigenvalue weighted by Crippen LogP contribution is -2.32. The molecule has 4 nitrogen and oxygen atoms in total. The fourth-order valence-electron chi connectivity index (χ4n) is 2.34. The van der Waals surface area contributed by atoms with Gasteiger partial charge in [-0.3, -0.25) is 0 Å². The molecule has 0 saturated carbocycles. The van der Waals surface area contributed by atoms with Crippen LogP contribution in [-0.4, -0.2) is 37.5 Å². The lowest BCUT2D eigenvalue weighted by Gasteiger charge is -2.25. The molecular formula is C12H17BO4. The topological polar surface area (TPSA) is 58.9 Å². The molecule has 92 valence electrons. The monoisotopic (exact) mass is 236 g/mol. The Morgan fingerprint density at radius 3 is 2.59 bits per heavy atom. The first-order chi connectivity index (χ1) is 8.24. The van der Waals surface area contributed by atoms with E-state index in [1.807, 2.05) is 12.1 Å². The highest BCUT2D eigenvalue weighted by atomic mass is 16.5. The van der Waals surface area contributed by atoms with E-state index >= 15 is 0 Å². The Balaban J connectivity index is 2.35. The van der Waals surface area contributed by atoms with E-state index in [0.717, 1.165) is 31.6 Å². The summed E-state index contributed by atoms with van der Waals surface area (Å²) in [6, 6.07) is 5.50. The summed E-state index contributed by atoms with van der Waals surface area (Å²) >= 11 is 0. The van der Waals surface area contributed by atoms with E-state index in [0.29, 0.717) is 17.1 Å². The molecule has 1 heterocycles. The first kappa shape index (κ1) is 12.4. The minimum absolute atomic E-state index is 0.373. The van der Waals surface area contributed by atoms with Crippen LogP contribution in [-0.2, 0) is 4.74 Å². The van der Waals surface area contributed by atoms with Crippen LogP contribution in [0.25, 0.3) is 0 Å².